The number of aliphatic hydroxyl groups is 1. The molecule has 0 bridgehead atoms. The topological polar surface area (TPSA) is 96.4 Å². The number of likely N-dealkylation sites (tertiary alicyclic amines) is 1. The molecule has 4 aliphatic heterocycles. The monoisotopic (exact) mass is 446 g/mol. The number of amides is 2. The molecule has 1 spiro atoms. The summed E-state index contributed by atoms with van der Waals surface area (Å²) in [6.45, 7) is 6.57. The fourth-order valence-electron chi connectivity index (χ4n) is 5.73. The van der Waals surface area contributed by atoms with Crippen LogP contribution in [0.4, 0.5) is 0 Å². The van der Waals surface area contributed by atoms with Crippen molar-refractivity contribution in [3.8, 4) is 0 Å². The van der Waals surface area contributed by atoms with Crippen molar-refractivity contribution >= 4 is 17.8 Å². The molecule has 0 radical (unpaired) electrons. The number of carbonyl (C=O) groups excluding carboxylic acids is 3. The molecule has 2 saturated heterocycles. The Balaban J connectivity index is 1.85. The lowest BCUT2D eigenvalue weighted by molar-refractivity contribution is -0.161. The molecule has 0 aromatic carbocycles. The van der Waals surface area contributed by atoms with E-state index >= 15 is 0 Å². The standard InChI is InChI=1S/C24H34N2O6/c1-4-5-12-25-13-9-11-24-17(20(28)26(16(2)15-27)19(24)21(25)29)18-22(30)31-14-8-6-7-10-23(18,3)32-24/h7,9-11,16-19,27H,4-6,8,12-15H2,1-3H3/b10-7-/t16-,17+,18+,19?,23-,24+/m1/s1. The zero-order chi connectivity index (χ0) is 23.1. The number of esters is 1. The van der Waals surface area contributed by atoms with Crippen molar-refractivity contribution < 1.29 is 29.0 Å². The van der Waals surface area contributed by atoms with Crippen molar-refractivity contribution in [3.63, 3.8) is 0 Å². The number of nitrogens with zero attached hydrogens (tertiary/aromatic N) is 2. The highest BCUT2D eigenvalue weighted by atomic mass is 16.6. The number of allylic oxidation sites excluding steroid dienone is 1. The Bertz CT molecular complexity index is 840. The summed E-state index contributed by atoms with van der Waals surface area (Å²) in [7, 11) is 0. The average Bonchev–Trinajstić information content (AvgIpc) is 3.12. The SMILES string of the molecule is CCCCN1CC=C[C@]23O[C@]4(C)/C=C\CCCOC(=O)[C@@H]4[C@H]2C(=O)N([C@H](C)CO)C3C1=O. The molecule has 176 valence electrons. The van der Waals surface area contributed by atoms with Crippen LogP contribution in [0.5, 0.6) is 0 Å². The highest BCUT2D eigenvalue weighted by molar-refractivity contribution is 5.99. The summed E-state index contributed by atoms with van der Waals surface area (Å²) in [6, 6.07) is -1.53. The summed E-state index contributed by atoms with van der Waals surface area (Å²) in [4.78, 5) is 44.1. The van der Waals surface area contributed by atoms with Gasteiger partial charge in [0.25, 0.3) is 0 Å². The molecule has 8 heteroatoms. The van der Waals surface area contributed by atoms with E-state index in [-0.39, 0.29) is 25.0 Å². The molecule has 0 aromatic heterocycles. The van der Waals surface area contributed by atoms with Gasteiger partial charge in [0.05, 0.1) is 30.8 Å². The van der Waals surface area contributed by atoms with Gasteiger partial charge in [-0.25, -0.2) is 0 Å². The third-order valence-corrected chi connectivity index (χ3v) is 7.29. The van der Waals surface area contributed by atoms with Crippen molar-refractivity contribution in [2.24, 2.45) is 11.8 Å². The Labute approximate surface area is 189 Å². The summed E-state index contributed by atoms with van der Waals surface area (Å²) in [5.74, 6) is -2.79. The second-order valence-corrected chi connectivity index (χ2v) is 9.53. The van der Waals surface area contributed by atoms with E-state index in [1.165, 1.54) is 4.90 Å². The van der Waals surface area contributed by atoms with Gasteiger partial charge in [0.15, 0.2) is 0 Å². The number of cyclic esters (lactones) is 1. The van der Waals surface area contributed by atoms with Gasteiger partial charge < -0.3 is 24.4 Å². The Morgan fingerprint density at radius 1 is 1.19 bits per heavy atom. The van der Waals surface area contributed by atoms with Crippen molar-refractivity contribution in [1.29, 1.82) is 0 Å². The molecule has 0 aliphatic carbocycles. The first kappa shape index (κ1) is 23.0. The van der Waals surface area contributed by atoms with Gasteiger partial charge in [-0.2, -0.15) is 0 Å². The van der Waals surface area contributed by atoms with E-state index < -0.39 is 41.1 Å². The van der Waals surface area contributed by atoms with E-state index in [1.807, 2.05) is 24.3 Å². The minimum Gasteiger partial charge on any atom is -0.465 e. The third kappa shape index (κ3) is 3.39. The molecular weight excluding hydrogens is 412 g/mol. The number of ether oxygens (including phenoxy) is 2. The lowest BCUT2D eigenvalue weighted by Gasteiger charge is -2.39. The Hall–Kier alpha value is -2.19. The number of hydrogen-bond acceptors (Lipinski definition) is 6. The maximum absolute atomic E-state index is 13.9. The molecular formula is C24H34N2O6. The summed E-state index contributed by atoms with van der Waals surface area (Å²) >= 11 is 0. The van der Waals surface area contributed by atoms with Crippen molar-refractivity contribution in [2.45, 2.75) is 69.7 Å². The fourth-order valence-corrected chi connectivity index (χ4v) is 5.73. The number of rotatable bonds is 5. The van der Waals surface area contributed by atoms with Crippen LogP contribution >= 0.6 is 0 Å². The van der Waals surface area contributed by atoms with E-state index in [9.17, 15) is 19.5 Å². The molecule has 32 heavy (non-hydrogen) atoms. The lowest BCUT2D eigenvalue weighted by Crippen LogP contribution is -2.58. The zero-order valence-corrected chi connectivity index (χ0v) is 19.2. The van der Waals surface area contributed by atoms with Gasteiger partial charge in [-0.3, -0.25) is 14.4 Å². The third-order valence-electron chi connectivity index (χ3n) is 7.29. The van der Waals surface area contributed by atoms with Crippen LogP contribution in [-0.2, 0) is 23.9 Å². The van der Waals surface area contributed by atoms with Crippen LogP contribution < -0.4 is 0 Å². The molecule has 4 aliphatic rings. The van der Waals surface area contributed by atoms with Crippen LogP contribution in [0.2, 0.25) is 0 Å². The quantitative estimate of drug-likeness (QED) is 0.507. The predicted octanol–water partition coefficient (Wildman–Crippen LogP) is 1.43. The lowest BCUT2D eigenvalue weighted by atomic mass is 9.74. The average molecular weight is 447 g/mol. The number of carbonyl (C=O) groups is 3. The first-order chi connectivity index (χ1) is 15.3. The molecule has 1 N–H and O–H groups in total. The summed E-state index contributed by atoms with van der Waals surface area (Å²) in [5.41, 5.74) is -2.36. The van der Waals surface area contributed by atoms with Crippen LogP contribution in [0, 0.1) is 11.8 Å². The van der Waals surface area contributed by atoms with Crippen molar-refractivity contribution in [3.05, 3.63) is 24.3 Å². The number of unbranched alkanes of at least 4 members (excludes halogenated alkanes) is 1. The van der Waals surface area contributed by atoms with E-state index in [0.29, 0.717) is 19.5 Å². The number of aliphatic hydroxyl groups excluding tert-OH is 1. The van der Waals surface area contributed by atoms with Gasteiger partial charge in [0.1, 0.15) is 17.6 Å². The minimum atomic E-state index is -1.29. The van der Waals surface area contributed by atoms with E-state index in [0.717, 1.165) is 19.3 Å². The summed E-state index contributed by atoms with van der Waals surface area (Å²) < 4.78 is 12.2. The molecule has 2 fully saturated rings. The molecule has 0 aromatic rings. The van der Waals surface area contributed by atoms with Crippen molar-refractivity contribution in [2.75, 3.05) is 26.3 Å². The Morgan fingerprint density at radius 3 is 2.69 bits per heavy atom. The van der Waals surface area contributed by atoms with Crippen LogP contribution in [-0.4, -0.2) is 82.3 Å². The molecule has 8 nitrogen and oxygen atoms in total. The van der Waals surface area contributed by atoms with Gasteiger partial charge in [-0.05, 0) is 33.1 Å². The van der Waals surface area contributed by atoms with Gasteiger partial charge in [-0.1, -0.05) is 37.6 Å². The highest BCUT2D eigenvalue weighted by Crippen LogP contribution is 2.57. The molecule has 4 rings (SSSR count). The second kappa shape index (κ2) is 8.63. The van der Waals surface area contributed by atoms with E-state index in [2.05, 4.69) is 6.92 Å². The van der Waals surface area contributed by atoms with Gasteiger partial charge >= 0.3 is 5.97 Å². The van der Waals surface area contributed by atoms with E-state index in [4.69, 9.17) is 9.47 Å². The maximum atomic E-state index is 13.9. The Morgan fingerprint density at radius 2 is 1.97 bits per heavy atom. The van der Waals surface area contributed by atoms with Crippen LogP contribution in [0.25, 0.3) is 0 Å². The minimum absolute atomic E-state index is 0.202. The zero-order valence-electron chi connectivity index (χ0n) is 19.2. The largest absolute Gasteiger partial charge is 0.465 e. The van der Waals surface area contributed by atoms with Crippen molar-refractivity contribution in [1.82, 2.24) is 9.80 Å². The molecule has 6 atom stereocenters. The summed E-state index contributed by atoms with van der Waals surface area (Å²) in [6.07, 6.45) is 10.8. The molecule has 1 unspecified atom stereocenters. The predicted molar refractivity (Wildman–Crippen MR) is 116 cm³/mol. The van der Waals surface area contributed by atoms with Gasteiger partial charge in [0.2, 0.25) is 11.8 Å². The molecule has 2 amide bonds. The first-order valence-corrected chi connectivity index (χ1v) is 11.7. The summed E-state index contributed by atoms with van der Waals surface area (Å²) in [5, 5.41) is 9.90. The van der Waals surface area contributed by atoms with Gasteiger partial charge in [0, 0.05) is 13.1 Å². The Kier molecular flexibility index (Phi) is 6.20. The molecule has 4 heterocycles. The maximum Gasteiger partial charge on any atom is 0.313 e. The van der Waals surface area contributed by atoms with E-state index in [1.54, 1.807) is 18.7 Å². The van der Waals surface area contributed by atoms with Crippen LogP contribution in [0.1, 0.15) is 46.5 Å². The number of fused-ring (bicyclic) bond motifs is 2. The first-order valence-electron chi connectivity index (χ1n) is 11.7. The van der Waals surface area contributed by atoms with Gasteiger partial charge in [-0.15, -0.1) is 0 Å². The second-order valence-electron chi connectivity index (χ2n) is 9.53. The normalized spacial score (nSPS) is 38.8. The van der Waals surface area contributed by atoms with Crippen LogP contribution in [0.3, 0.4) is 0 Å². The highest BCUT2D eigenvalue weighted by Gasteiger charge is 2.75. The fraction of sp³-hybridized carbons (Fsp3) is 0.708. The smallest absolute Gasteiger partial charge is 0.313 e. The van der Waals surface area contributed by atoms with Crippen LogP contribution in [0.15, 0.2) is 24.3 Å². The molecule has 0 saturated carbocycles. The number of hydrogen-bond donors (Lipinski definition) is 1.